The predicted octanol–water partition coefficient (Wildman–Crippen LogP) is 3.36. The second-order valence-corrected chi connectivity index (χ2v) is 6.80. The normalized spacial score (nSPS) is 17.1. The summed E-state index contributed by atoms with van der Waals surface area (Å²) in [6.45, 7) is 3.88. The van der Waals surface area contributed by atoms with Gasteiger partial charge in [-0.2, -0.15) is 0 Å². The van der Waals surface area contributed by atoms with Crippen LogP contribution in [-0.2, 0) is 11.2 Å². The Bertz CT molecular complexity index is 653. The number of nitrogens with one attached hydrogen (secondary N) is 1. The van der Waals surface area contributed by atoms with Crippen molar-refractivity contribution < 1.29 is 4.79 Å². The van der Waals surface area contributed by atoms with E-state index in [0.29, 0.717) is 6.42 Å². The molecule has 0 spiro atoms. The molecule has 2 aromatic rings. The summed E-state index contributed by atoms with van der Waals surface area (Å²) in [5.41, 5.74) is 2.34. The molecule has 4 heteroatoms. The lowest BCUT2D eigenvalue weighted by Gasteiger charge is -2.32. The third-order valence-electron chi connectivity index (χ3n) is 4.91. The molecule has 0 radical (unpaired) electrons. The molecule has 1 N–H and O–H groups in total. The number of carbonyl (C=O) groups is 1. The second-order valence-electron chi connectivity index (χ2n) is 6.80. The van der Waals surface area contributed by atoms with Crippen molar-refractivity contribution in [3.8, 4) is 0 Å². The molecule has 2 heterocycles. The van der Waals surface area contributed by atoms with E-state index in [0.717, 1.165) is 31.5 Å². The summed E-state index contributed by atoms with van der Waals surface area (Å²) in [4.78, 5) is 19.2. The SMILES string of the molecule is C[C@@H](N[C@@H](Cc1ccccc1)C(=O)N1CCCCC1)c1ccncc1. The van der Waals surface area contributed by atoms with Crippen molar-refractivity contribution in [2.75, 3.05) is 13.1 Å². The van der Waals surface area contributed by atoms with Gasteiger partial charge < -0.3 is 4.90 Å². The quantitative estimate of drug-likeness (QED) is 0.879. The average molecular weight is 337 g/mol. The minimum atomic E-state index is -0.205. The summed E-state index contributed by atoms with van der Waals surface area (Å²) in [6, 6.07) is 14.2. The Hall–Kier alpha value is -2.20. The van der Waals surface area contributed by atoms with Crippen molar-refractivity contribution in [3.05, 3.63) is 66.0 Å². The van der Waals surface area contributed by atoms with E-state index in [2.05, 4.69) is 29.4 Å². The van der Waals surface area contributed by atoms with E-state index in [9.17, 15) is 4.79 Å². The molecule has 1 aromatic carbocycles. The number of amides is 1. The molecule has 0 saturated carbocycles. The van der Waals surface area contributed by atoms with Gasteiger partial charge in [-0.15, -0.1) is 0 Å². The molecule has 1 aromatic heterocycles. The molecule has 25 heavy (non-hydrogen) atoms. The molecule has 1 aliphatic heterocycles. The molecule has 132 valence electrons. The number of benzene rings is 1. The van der Waals surface area contributed by atoms with Gasteiger partial charge in [0.2, 0.25) is 5.91 Å². The van der Waals surface area contributed by atoms with Gasteiger partial charge in [-0.05, 0) is 55.9 Å². The monoisotopic (exact) mass is 337 g/mol. The van der Waals surface area contributed by atoms with Gasteiger partial charge in [-0.25, -0.2) is 0 Å². The van der Waals surface area contributed by atoms with Gasteiger partial charge in [-0.1, -0.05) is 30.3 Å². The molecule has 0 aliphatic carbocycles. The average Bonchev–Trinajstić information content (AvgIpc) is 2.69. The van der Waals surface area contributed by atoms with Crippen LogP contribution in [-0.4, -0.2) is 34.9 Å². The van der Waals surface area contributed by atoms with Gasteiger partial charge in [0, 0.05) is 31.5 Å². The Labute approximate surface area is 150 Å². The first-order chi connectivity index (χ1) is 12.2. The van der Waals surface area contributed by atoms with Crippen molar-refractivity contribution in [3.63, 3.8) is 0 Å². The minimum absolute atomic E-state index is 0.102. The molecular weight excluding hydrogens is 310 g/mol. The smallest absolute Gasteiger partial charge is 0.240 e. The van der Waals surface area contributed by atoms with Crippen molar-refractivity contribution in [2.24, 2.45) is 0 Å². The number of aromatic nitrogens is 1. The van der Waals surface area contributed by atoms with Crippen LogP contribution in [0.1, 0.15) is 43.4 Å². The molecule has 0 unspecified atom stereocenters. The summed E-state index contributed by atoms with van der Waals surface area (Å²) >= 11 is 0. The first kappa shape index (κ1) is 17.6. The maximum Gasteiger partial charge on any atom is 0.240 e. The van der Waals surface area contributed by atoms with Gasteiger partial charge in [-0.3, -0.25) is 15.1 Å². The van der Waals surface area contributed by atoms with E-state index < -0.39 is 0 Å². The zero-order chi connectivity index (χ0) is 17.5. The number of hydrogen-bond acceptors (Lipinski definition) is 3. The maximum atomic E-state index is 13.1. The summed E-state index contributed by atoms with van der Waals surface area (Å²) in [5.74, 6) is 0.226. The van der Waals surface area contributed by atoms with Crippen LogP contribution >= 0.6 is 0 Å². The first-order valence-corrected chi connectivity index (χ1v) is 9.23. The molecule has 3 rings (SSSR count). The zero-order valence-electron chi connectivity index (χ0n) is 14.9. The Morgan fingerprint density at radius 2 is 1.76 bits per heavy atom. The van der Waals surface area contributed by atoms with Crippen LogP contribution in [0.4, 0.5) is 0 Å². The Kier molecular flexibility index (Phi) is 6.18. The number of hydrogen-bond donors (Lipinski definition) is 1. The predicted molar refractivity (Wildman–Crippen MR) is 100 cm³/mol. The number of pyridine rings is 1. The van der Waals surface area contributed by atoms with Gasteiger partial charge in [0.05, 0.1) is 6.04 Å². The Balaban J connectivity index is 1.74. The number of likely N-dealkylation sites (tertiary alicyclic amines) is 1. The molecule has 4 nitrogen and oxygen atoms in total. The van der Waals surface area contributed by atoms with Crippen LogP contribution in [0.3, 0.4) is 0 Å². The molecule has 1 fully saturated rings. The number of rotatable bonds is 6. The summed E-state index contributed by atoms with van der Waals surface area (Å²) in [7, 11) is 0. The molecule has 1 amide bonds. The molecule has 1 aliphatic rings. The molecular formula is C21H27N3O. The highest BCUT2D eigenvalue weighted by atomic mass is 16.2. The Morgan fingerprint density at radius 1 is 1.08 bits per heavy atom. The van der Waals surface area contributed by atoms with E-state index in [4.69, 9.17) is 0 Å². The fraction of sp³-hybridized carbons (Fsp3) is 0.429. The van der Waals surface area contributed by atoms with Crippen molar-refractivity contribution in [1.82, 2.24) is 15.2 Å². The van der Waals surface area contributed by atoms with Gasteiger partial charge in [0.25, 0.3) is 0 Å². The number of piperidine rings is 1. The lowest BCUT2D eigenvalue weighted by Crippen LogP contribution is -2.49. The van der Waals surface area contributed by atoms with Gasteiger partial charge >= 0.3 is 0 Å². The van der Waals surface area contributed by atoms with Crippen LogP contribution < -0.4 is 5.32 Å². The highest BCUT2D eigenvalue weighted by Crippen LogP contribution is 2.17. The third kappa shape index (κ3) is 4.89. The number of nitrogens with zero attached hydrogens (tertiary/aromatic N) is 2. The van der Waals surface area contributed by atoms with Crippen molar-refractivity contribution >= 4 is 5.91 Å². The molecule has 1 saturated heterocycles. The van der Waals surface area contributed by atoms with Crippen LogP contribution in [0, 0.1) is 0 Å². The van der Waals surface area contributed by atoms with Crippen LogP contribution in [0.2, 0.25) is 0 Å². The Morgan fingerprint density at radius 3 is 2.44 bits per heavy atom. The van der Waals surface area contributed by atoms with Crippen LogP contribution in [0.25, 0.3) is 0 Å². The van der Waals surface area contributed by atoms with E-state index >= 15 is 0 Å². The highest BCUT2D eigenvalue weighted by molar-refractivity contribution is 5.82. The lowest BCUT2D eigenvalue weighted by molar-refractivity contribution is -0.134. The van der Waals surface area contributed by atoms with E-state index in [1.54, 1.807) is 12.4 Å². The zero-order valence-corrected chi connectivity index (χ0v) is 14.9. The fourth-order valence-electron chi connectivity index (χ4n) is 3.45. The third-order valence-corrected chi connectivity index (χ3v) is 4.91. The second kappa shape index (κ2) is 8.77. The topological polar surface area (TPSA) is 45.2 Å². The maximum absolute atomic E-state index is 13.1. The van der Waals surface area contributed by atoms with Crippen LogP contribution in [0.5, 0.6) is 0 Å². The summed E-state index contributed by atoms with van der Waals surface area (Å²) in [6.07, 6.45) is 7.77. The van der Waals surface area contributed by atoms with Crippen LogP contribution in [0.15, 0.2) is 54.9 Å². The fourth-order valence-corrected chi connectivity index (χ4v) is 3.45. The molecule has 2 atom stereocenters. The van der Waals surface area contributed by atoms with Gasteiger partial charge in [0.15, 0.2) is 0 Å². The van der Waals surface area contributed by atoms with Crippen molar-refractivity contribution in [2.45, 2.75) is 44.7 Å². The van der Waals surface area contributed by atoms with E-state index in [-0.39, 0.29) is 18.0 Å². The largest absolute Gasteiger partial charge is 0.341 e. The molecule has 0 bridgehead atoms. The highest BCUT2D eigenvalue weighted by Gasteiger charge is 2.27. The number of carbonyl (C=O) groups excluding carboxylic acids is 1. The van der Waals surface area contributed by atoms with Gasteiger partial charge in [0.1, 0.15) is 0 Å². The summed E-state index contributed by atoms with van der Waals surface area (Å²) < 4.78 is 0. The van der Waals surface area contributed by atoms with E-state index in [1.165, 1.54) is 12.0 Å². The van der Waals surface area contributed by atoms with E-state index in [1.807, 2.05) is 35.2 Å². The van der Waals surface area contributed by atoms with Crippen molar-refractivity contribution in [1.29, 1.82) is 0 Å². The minimum Gasteiger partial charge on any atom is -0.341 e. The summed E-state index contributed by atoms with van der Waals surface area (Å²) in [5, 5.41) is 3.56. The lowest BCUT2D eigenvalue weighted by atomic mass is 10.0. The standard InChI is InChI=1S/C21H27N3O/c1-17(19-10-12-22-13-11-19)23-20(16-18-8-4-2-5-9-18)21(25)24-14-6-3-7-15-24/h2,4-5,8-13,17,20,23H,3,6-7,14-16H2,1H3/t17-,20+/m1/s1. The first-order valence-electron chi connectivity index (χ1n) is 9.23.